The zero-order chi connectivity index (χ0) is 14.7. The van der Waals surface area contributed by atoms with Crippen LogP contribution in [0, 0.1) is 11.8 Å². The standard InChI is InChI=1S/C14H21N3O3/c1-16(8-10-7-15-17(2)9-10)13(18)11-5-3-4-6-12(11)14(19)20/h7,9,11-12H,3-6,8H2,1-2H3,(H,19,20)/t11-,12-/m1/s1. The van der Waals surface area contributed by atoms with Gasteiger partial charge in [0.05, 0.1) is 18.0 Å². The first-order chi connectivity index (χ1) is 9.49. The first kappa shape index (κ1) is 14.6. The van der Waals surface area contributed by atoms with Gasteiger partial charge in [-0.25, -0.2) is 0 Å². The lowest BCUT2D eigenvalue weighted by Crippen LogP contribution is -2.40. The summed E-state index contributed by atoms with van der Waals surface area (Å²) in [4.78, 5) is 25.3. The maximum absolute atomic E-state index is 12.5. The Morgan fingerprint density at radius 1 is 1.40 bits per heavy atom. The smallest absolute Gasteiger partial charge is 0.307 e. The third-order valence-electron chi connectivity index (χ3n) is 3.95. The summed E-state index contributed by atoms with van der Waals surface area (Å²) in [6, 6.07) is 0. The minimum absolute atomic E-state index is 0.0686. The normalized spacial score (nSPS) is 22.5. The summed E-state index contributed by atoms with van der Waals surface area (Å²) in [6.45, 7) is 0.468. The minimum Gasteiger partial charge on any atom is -0.481 e. The lowest BCUT2D eigenvalue weighted by molar-refractivity contribution is -0.152. The van der Waals surface area contributed by atoms with E-state index in [0.717, 1.165) is 18.4 Å². The number of carboxylic acid groups (broad SMARTS) is 1. The summed E-state index contributed by atoms with van der Waals surface area (Å²) in [7, 11) is 3.55. The van der Waals surface area contributed by atoms with E-state index in [4.69, 9.17) is 0 Å². The van der Waals surface area contributed by atoms with E-state index in [2.05, 4.69) is 5.10 Å². The molecule has 0 radical (unpaired) electrons. The first-order valence-electron chi connectivity index (χ1n) is 6.94. The van der Waals surface area contributed by atoms with Crippen LogP contribution in [0.1, 0.15) is 31.2 Å². The highest BCUT2D eigenvalue weighted by molar-refractivity contribution is 5.84. The Balaban J connectivity index is 2.02. The van der Waals surface area contributed by atoms with Crippen LogP contribution in [0.3, 0.4) is 0 Å². The molecule has 1 aromatic rings. The minimum atomic E-state index is -0.849. The fraction of sp³-hybridized carbons (Fsp3) is 0.643. The molecule has 0 saturated heterocycles. The van der Waals surface area contributed by atoms with Crippen molar-refractivity contribution >= 4 is 11.9 Å². The van der Waals surface area contributed by atoms with Crippen molar-refractivity contribution in [3.63, 3.8) is 0 Å². The summed E-state index contributed by atoms with van der Waals surface area (Å²) in [5, 5.41) is 13.3. The van der Waals surface area contributed by atoms with Crippen LogP contribution in [0.2, 0.25) is 0 Å². The van der Waals surface area contributed by atoms with Crippen LogP contribution in [0.25, 0.3) is 0 Å². The van der Waals surface area contributed by atoms with Crippen LogP contribution in [-0.4, -0.2) is 38.7 Å². The monoisotopic (exact) mass is 279 g/mol. The van der Waals surface area contributed by atoms with Gasteiger partial charge >= 0.3 is 5.97 Å². The number of hydrogen-bond donors (Lipinski definition) is 1. The van der Waals surface area contributed by atoms with Gasteiger partial charge in [-0.3, -0.25) is 14.3 Å². The zero-order valence-electron chi connectivity index (χ0n) is 12.0. The fourth-order valence-electron chi connectivity index (χ4n) is 2.91. The van der Waals surface area contributed by atoms with Crippen LogP contribution in [-0.2, 0) is 23.2 Å². The molecule has 2 rings (SSSR count). The van der Waals surface area contributed by atoms with Crippen LogP contribution in [0.5, 0.6) is 0 Å². The van der Waals surface area contributed by atoms with Crippen LogP contribution in [0.15, 0.2) is 12.4 Å². The van der Waals surface area contributed by atoms with E-state index in [-0.39, 0.29) is 11.8 Å². The largest absolute Gasteiger partial charge is 0.481 e. The molecular weight excluding hydrogens is 258 g/mol. The van der Waals surface area contributed by atoms with Gasteiger partial charge in [0.25, 0.3) is 0 Å². The number of rotatable bonds is 4. The van der Waals surface area contributed by atoms with Gasteiger partial charge in [0, 0.05) is 32.4 Å². The molecule has 1 aliphatic rings. The Kier molecular flexibility index (Phi) is 4.42. The van der Waals surface area contributed by atoms with Crippen molar-refractivity contribution in [2.24, 2.45) is 18.9 Å². The van der Waals surface area contributed by atoms with E-state index in [9.17, 15) is 14.7 Å². The summed E-state index contributed by atoms with van der Waals surface area (Å²) in [5.74, 6) is -1.84. The summed E-state index contributed by atoms with van der Waals surface area (Å²) < 4.78 is 1.69. The predicted octanol–water partition coefficient (Wildman–Crippen LogP) is 1.27. The maximum Gasteiger partial charge on any atom is 0.307 e. The number of aryl methyl sites for hydroxylation is 1. The van der Waals surface area contributed by atoms with Gasteiger partial charge in [-0.05, 0) is 12.8 Å². The van der Waals surface area contributed by atoms with Gasteiger partial charge in [0.15, 0.2) is 0 Å². The van der Waals surface area contributed by atoms with Crippen molar-refractivity contribution in [3.05, 3.63) is 18.0 Å². The lowest BCUT2D eigenvalue weighted by atomic mass is 9.78. The molecule has 1 saturated carbocycles. The van der Waals surface area contributed by atoms with E-state index < -0.39 is 11.9 Å². The van der Waals surface area contributed by atoms with Gasteiger partial charge in [0.1, 0.15) is 0 Å². The third kappa shape index (κ3) is 3.18. The van der Waals surface area contributed by atoms with Crippen molar-refractivity contribution < 1.29 is 14.7 Å². The second-order valence-electron chi connectivity index (χ2n) is 5.55. The molecule has 0 unspecified atom stereocenters. The average molecular weight is 279 g/mol. The van der Waals surface area contributed by atoms with Crippen molar-refractivity contribution in [1.29, 1.82) is 0 Å². The Labute approximate surface area is 118 Å². The molecule has 1 heterocycles. The molecule has 0 aliphatic heterocycles. The molecule has 110 valence electrons. The molecule has 1 N–H and O–H groups in total. The maximum atomic E-state index is 12.5. The number of aliphatic carboxylic acids is 1. The van der Waals surface area contributed by atoms with Crippen LogP contribution >= 0.6 is 0 Å². The van der Waals surface area contributed by atoms with Gasteiger partial charge in [-0.2, -0.15) is 5.10 Å². The molecule has 1 aromatic heterocycles. The number of hydrogen-bond acceptors (Lipinski definition) is 3. The van der Waals surface area contributed by atoms with Gasteiger partial charge in [-0.1, -0.05) is 12.8 Å². The van der Waals surface area contributed by atoms with Crippen molar-refractivity contribution in [2.45, 2.75) is 32.2 Å². The number of nitrogens with zero attached hydrogens (tertiary/aromatic N) is 3. The Bertz CT molecular complexity index is 498. The van der Waals surface area contributed by atoms with Crippen molar-refractivity contribution in [1.82, 2.24) is 14.7 Å². The quantitative estimate of drug-likeness (QED) is 0.900. The first-order valence-corrected chi connectivity index (χ1v) is 6.94. The van der Waals surface area contributed by atoms with Crippen LogP contribution in [0.4, 0.5) is 0 Å². The van der Waals surface area contributed by atoms with E-state index in [0.29, 0.717) is 19.4 Å². The van der Waals surface area contributed by atoms with Gasteiger partial charge in [0.2, 0.25) is 5.91 Å². The summed E-state index contributed by atoms with van der Waals surface area (Å²) in [6.07, 6.45) is 6.69. The number of carbonyl (C=O) groups is 2. The number of aromatic nitrogens is 2. The van der Waals surface area contributed by atoms with Gasteiger partial charge in [-0.15, -0.1) is 0 Å². The molecule has 0 spiro atoms. The number of carboxylic acids is 1. The number of carbonyl (C=O) groups excluding carboxylic acids is 1. The highest BCUT2D eigenvalue weighted by atomic mass is 16.4. The fourth-order valence-corrected chi connectivity index (χ4v) is 2.91. The van der Waals surface area contributed by atoms with Crippen LogP contribution < -0.4 is 0 Å². The van der Waals surface area contributed by atoms with E-state index in [1.165, 1.54) is 0 Å². The number of amides is 1. The summed E-state index contributed by atoms with van der Waals surface area (Å²) in [5.41, 5.74) is 0.950. The average Bonchev–Trinajstić information content (AvgIpc) is 2.83. The summed E-state index contributed by atoms with van der Waals surface area (Å²) >= 11 is 0. The topological polar surface area (TPSA) is 75.4 Å². The second-order valence-corrected chi connectivity index (χ2v) is 5.55. The molecule has 6 heteroatoms. The second kappa shape index (κ2) is 6.07. The van der Waals surface area contributed by atoms with Gasteiger partial charge < -0.3 is 10.0 Å². The van der Waals surface area contributed by atoms with Crippen molar-refractivity contribution in [3.8, 4) is 0 Å². The molecule has 0 bridgehead atoms. The van der Waals surface area contributed by atoms with E-state index >= 15 is 0 Å². The lowest BCUT2D eigenvalue weighted by Gasteiger charge is -2.30. The molecule has 6 nitrogen and oxygen atoms in total. The molecule has 1 amide bonds. The molecule has 1 aliphatic carbocycles. The molecule has 0 aromatic carbocycles. The predicted molar refractivity (Wildman–Crippen MR) is 72.8 cm³/mol. The SMILES string of the molecule is CN(Cc1cnn(C)c1)C(=O)[C@@H]1CCCC[C@H]1C(=O)O. The molecular formula is C14H21N3O3. The Hall–Kier alpha value is -1.85. The Morgan fingerprint density at radius 3 is 2.60 bits per heavy atom. The van der Waals surface area contributed by atoms with E-state index in [1.54, 1.807) is 22.8 Å². The van der Waals surface area contributed by atoms with Crippen molar-refractivity contribution in [2.75, 3.05) is 7.05 Å². The highest BCUT2D eigenvalue weighted by Crippen LogP contribution is 2.31. The molecule has 1 fully saturated rings. The Morgan fingerprint density at radius 2 is 2.05 bits per heavy atom. The zero-order valence-corrected chi connectivity index (χ0v) is 12.0. The van der Waals surface area contributed by atoms with E-state index in [1.807, 2.05) is 13.2 Å². The third-order valence-corrected chi connectivity index (χ3v) is 3.95. The molecule has 2 atom stereocenters. The highest BCUT2D eigenvalue weighted by Gasteiger charge is 2.37. The molecule has 20 heavy (non-hydrogen) atoms.